The largest absolute Gasteiger partial charge is 0.346 e. The van der Waals surface area contributed by atoms with E-state index in [2.05, 4.69) is 111 Å². The minimum atomic E-state index is -0.223. The smallest absolute Gasteiger partial charge is 0.220 e. The first kappa shape index (κ1) is 34.7. The van der Waals surface area contributed by atoms with E-state index in [0.29, 0.717) is 24.7 Å². The van der Waals surface area contributed by atoms with Gasteiger partial charge in [0.05, 0.1) is 23.5 Å². The first-order valence-electron chi connectivity index (χ1n) is 16.4. The van der Waals surface area contributed by atoms with Crippen LogP contribution in [0.4, 0.5) is 0 Å². The molecule has 0 saturated carbocycles. The molecule has 2 heterocycles. The van der Waals surface area contributed by atoms with Crippen LogP contribution in [0.2, 0.25) is 0 Å². The Morgan fingerprint density at radius 1 is 0.587 bits per heavy atom. The lowest BCUT2D eigenvalue weighted by atomic mass is 9.86. The number of aromatic nitrogens is 4. The van der Waals surface area contributed by atoms with E-state index in [-0.39, 0.29) is 34.7 Å². The minimum Gasteiger partial charge on any atom is -0.346 e. The van der Waals surface area contributed by atoms with Crippen molar-refractivity contribution in [3.63, 3.8) is 0 Å². The van der Waals surface area contributed by atoms with E-state index in [1.165, 1.54) is 0 Å². The maximum absolute atomic E-state index is 12.6. The van der Waals surface area contributed by atoms with Gasteiger partial charge < -0.3 is 20.6 Å². The highest BCUT2D eigenvalue weighted by Gasteiger charge is 2.32. The number of carbonyl (C=O) groups excluding carboxylic acids is 2. The molecule has 2 aromatic heterocycles. The number of nitrogens with one attached hydrogen (secondary N) is 4. The third-order valence-corrected chi connectivity index (χ3v) is 7.97. The van der Waals surface area contributed by atoms with Crippen molar-refractivity contribution in [2.45, 2.75) is 94.2 Å². The van der Waals surface area contributed by atoms with E-state index in [1.54, 1.807) is 0 Å². The molecule has 0 spiro atoms. The fourth-order valence-corrected chi connectivity index (χ4v) is 5.50. The SMILES string of the molecule is CC(C)CC(=O)N[C@@H](c1nc(-c2ccc(-c3ccc(-c4c[nH]c([C@H](NC(=O)CC(C)C)C(C)(C)C)n4)cc3)cc2)c[nH]1)C(C)(C)C. The Kier molecular flexibility index (Phi) is 10.6. The molecule has 8 nitrogen and oxygen atoms in total. The molecule has 0 unspecified atom stereocenters. The second-order valence-electron chi connectivity index (χ2n) is 15.4. The lowest BCUT2D eigenvalue weighted by Crippen LogP contribution is -2.37. The molecule has 2 aromatic carbocycles. The molecular formula is C38H52N6O2. The zero-order chi connectivity index (χ0) is 33.8. The summed E-state index contributed by atoms with van der Waals surface area (Å²) in [5, 5.41) is 6.37. The number of carbonyl (C=O) groups is 2. The Morgan fingerprint density at radius 3 is 1.17 bits per heavy atom. The lowest BCUT2D eigenvalue weighted by Gasteiger charge is -2.30. The predicted molar refractivity (Wildman–Crippen MR) is 187 cm³/mol. The molecule has 0 fully saturated rings. The van der Waals surface area contributed by atoms with Crippen LogP contribution < -0.4 is 10.6 Å². The van der Waals surface area contributed by atoms with E-state index in [1.807, 2.05) is 40.1 Å². The minimum absolute atomic E-state index is 0.0377. The summed E-state index contributed by atoms with van der Waals surface area (Å²) in [5.41, 5.74) is 5.48. The number of benzene rings is 2. The second kappa shape index (κ2) is 14.1. The van der Waals surface area contributed by atoms with Crippen molar-refractivity contribution >= 4 is 11.8 Å². The molecule has 0 bridgehead atoms. The average molecular weight is 625 g/mol. The summed E-state index contributed by atoms with van der Waals surface area (Å²) < 4.78 is 0. The molecule has 4 N–H and O–H groups in total. The van der Waals surface area contributed by atoms with E-state index in [4.69, 9.17) is 9.97 Å². The van der Waals surface area contributed by atoms with Gasteiger partial charge in [-0.25, -0.2) is 9.97 Å². The monoisotopic (exact) mass is 624 g/mol. The maximum Gasteiger partial charge on any atom is 0.220 e. The van der Waals surface area contributed by atoms with Crippen LogP contribution in [0.5, 0.6) is 0 Å². The van der Waals surface area contributed by atoms with Gasteiger partial charge in [0, 0.05) is 36.4 Å². The quantitative estimate of drug-likeness (QED) is 0.134. The Hall–Kier alpha value is -4.20. The number of rotatable bonds is 11. The number of nitrogens with zero attached hydrogens (tertiary/aromatic N) is 2. The van der Waals surface area contributed by atoms with Gasteiger partial charge in [-0.2, -0.15) is 0 Å². The first-order chi connectivity index (χ1) is 21.5. The van der Waals surface area contributed by atoms with Gasteiger partial charge in [-0.05, 0) is 33.8 Å². The zero-order valence-electron chi connectivity index (χ0n) is 29.2. The molecule has 0 aliphatic rings. The van der Waals surface area contributed by atoms with Crippen LogP contribution in [0.1, 0.15) is 106 Å². The van der Waals surface area contributed by atoms with Crippen LogP contribution in [0.25, 0.3) is 33.6 Å². The normalized spacial score (nSPS) is 13.6. The molecule has 4 aromatic rings. The third-order valence-electron chi connectivity index (χ3n) is 7.97. The van der Waals surface area contributed by atoms with Gasteiger partial charge in [-0.15, -0.1) is 0 Å². The fraction of sp³-hybridized carbons (Fsp3) is 0.474. The van der Waals surface area contributed by atoms with Crippen molar-refractivity contribution in [2.24, 2.45) is 22.7 Å². The fourth-order valence-electron chi connectivity index (χ4n) is 5.50. The predicted octanol–water partition coefficient (Wildman–Crippen LogP) is 8.63. The van der Waals surface area contributed by atoms with E-state index in [0.717, 1.165) is 45.3 Å². The van der Waals surface area contributed by atoms with Crippen molar-refractivity contribution < 1.29 is 9.59 Å². The molecule has 2 atom stereocenters. The third kappa shape index (κ3) is 8.95. The van der Waals surface area contributed by atoms with Crippen LogP contribution in [0.3, 0.4) is 0 Å². The summed E-state index contributed by atoms with van der Waals surface area (Å²) in [6, 6.07) is 16.3. The summed E-state index contributed by atoms with van der Waals surface area (Å²) in [6.07, 6.45) is 4.79. The van der Waals surface area contributed by atoms with Gasteiger partial charge in [0.25, 0.3) is 0 Å². The number of hydrogen-bond donors (Lipinski definition) is 4. The molecule has 46 heavy (non-hydrogen) atoms. The summed E-state index contributed by atoms with van der Waals surface area (Å²) in [5.74, 6) is 2.18. The van der Waals surface area contributed by atoms with Crippen LogP contribution in [-0.4, -0.2) is 31.8 Å². The number of amides is 2. The lowest BCUT2D eigenvalue weighted by molar-refractivity contribution is -0.124. The van der Waals surface area contributed by atoms with Crippen LogP contribution in [0, 0.1) is 22.7 Å². The van der Waals surface area contributed by atoms with Crippen LogP contribution in [-0.2, 0) is 9.59 Å². The highest BCUT2D eigenvalue weighted by Crippen LogP contribution is 2.35. The Labute approximate surface area is 274 Å². The summed E-state index contributed by atoms with van der Waals surface area (Å²) in [4.78, 5) is 41.6. The molecule has 8 heteroatoms. The molecule has 2 amide bonds. The molecule has 4 rings (SSSR count). The van der Waals surface area contributed by atoms with Crippen molar-refractivity contribution in [1.29, 1.82) is 0 Å². The highest BCUT2D eigenvalue weighted by molar-refractivity contribution is 5.77. The Balaban J connectivity index is 1.47. The van der Waals surface area contributed by atoms with Crippen LogP contribution in [0.15, 0.2) is 60.9 Å². The summed E-state index contributed by atoms with van der Waals surface area (Å²) >= 11 is 0. The van der Waals surface area contributed by atoms with Gasteiger partial charge in [-0.3, -0.25) is 9.59 Å². The van der Waals surface area contributed by atoms with Gasteiger partial charge in [0.2, 0.25) is 11.8 Å². The van der Waals surface area contributed by atoms with Gasteiger partial charge in [0.15, 0.2) is 0 Å². The zero-order valence-corrected chi connectivity index (χ0v) is 29.2. The van der Waals surface area contributed by atoms with Crippen molar-refractivity contribution in [3.05, 3.63) is 72.6 Å². The van der Waals surface area contributed by atoms with Gasteiger partial charge in [0.1, 0.15) is 11.6 Å². The summed E-state index contributed by atoms with van der Waals surface area (Å²) in [7, 11) is 0. The van der Waals surface area contributed by atoms with Crippen molar-refractivity contribution in [2.75, 3.05) is 0 Å². The molecule has 0 saturated heterocycles. The molecule has 246 valence electrons. The van der Waals surface area contributed by atoms with Crippen LogP contribution >= 0.6 is 0 Å². The molecule has 0 aliphatic heterocycles. The first-order valence-corrected chi connectivity index (χ1v) is 16.4. The average Bonchev–Trinajstić information content (AvgIpc) is 3.64. The Morgan fingerprint density at radius 2 is 0.891 bits per heavy atom. The number of H-pyrrole nitrogens is 2. The van der Waals surface area contributed by atoms with E-state index >= 15 is 0 Å². The highest BCUT2D eigenvalue weighted by atomic mass is 16.2. The van der Waals surface area contributed by atoms with Crippen molar-refractivity contribution in [1.82, 2.24) is 30.6 Å². The molecule has 0 radical (unpaired) electrons. The summed E-state index contributed by atoms with van der Waals surface area (Å²) in [6.45, 7) is 20.8. The maximum atomic E-state index is 12.6. The number of hydrogen-bond acceptors (Lipinski definition) is 4. The Bertz CT molecular complexity index is 1480. The molecular weight excluding hydrogens is 572 g/mol. The van der Waals surface area contributed by atoms with E-state index < -0.39 is 0 Å². The number of imidazole rings is 2. The standard InChI is InChI=1S/C38H52N6O2/c1-23(2)19-31(45)43-33(37(5,6)7)35-39-21-29(41-35)27-15-11-25(12-16-27)26-13-17-28(18-14-26)30-22-40-36(42-30)34(38(8,9)10)44-32(46)20-24(3)4/h11-18,21-24,33-34H,19-20H2,1-10H3,(H,39,41)(H,40,42)(H,43,45)(H,44,46)/t33-,34-/m0/s1. The second-order valence-corrected chi connectivity index (χ2v) is 15.4. The number of aromatic amines is 2. The van der Waals surface area contributed by atoms with Gasteiger partial charge in [-0.1, -0.05) is 118 Å². The topological polar surface area (TPSA) is 116 Å². The van der Waals surface area contributed by atoms with Crippen molar-refractivity contribution in [3.8, 4) is 33.6 Å². The van der Waals surface area contributed by atoms with Gasteiger partial charge >= 0.3 is 0 Å². The van der Waals surface area contributed by atoms with E-state index in [9.17, 15) is 9.59 Å². The molecule has 0 aliphatic carbocycles.